The first kappa shape index (κ1) is 11.7. The fourth-order valence-electron chi connectivity index (χ4n) is 3.16. The lowest BCUT2D eigenvalue weighted by atomic mass is 10.0. The minimum atomic E-state index is -0.283. The summed E-state index contributed by atoms with van der Waals surface area (Å²) in [6.45, 7) is 2.09. The molecule has 3 rings (SSSR count). The molecular weight excluding hydrogens is 231 g/mol. The number of anilines is 1. The summed E-state index contributed by atoms with van der Waals surface area (Å²) in [6.07, 6.45) is 1.95. The van der Waals surface area contributed by atoms with E-state index in [1.54, 1.807) is 12.1 Å². The van der Waals surface area contributed by atoms with Gasteiger partial charge in [-0.05, 0) is 62.0 Å². The van der Waals surface area contributed by atoms with Crippen LogP contribution in [-0.2, 0) is 4.79 Å². The Bertz CT molecular complexity index is 434. The zero-order valence-electron chi connectivity index (χ0n) is 10.2. The Hall–Kier alpha value is -1.42. The third-order valence-electron chi connectivity index (χ3n) is 4.14. The first-order chi connectivity index (χ1) is 8.72. The molecule has 1 heterocycles. The van der Waals surface area contributed by atoms with Crippen LogP contribution in [0.25, 0.3) is 0 Å². The average molecular weight is 248 g/mol. The van der Waals surface area contributed by atoms with Crippen molar-refractivity contribution < 1.29 is 9.18 Å². The lowest BCUT2D eigenvalue weighted by Gasteiger charge is -2.12. The van der Waals surface area contributed by atoms with Crippen molar-refractivity contribution in [1.82, 2.24) is 5.32 Å². The second-order valence-electron chi connectivity index (χ2n) is 5.34. The van der Waals surface area contributed by atoms with Crippen LogP contribution in [0.1, 0.15) is 12.8 Å². The summed E-state index contributed by atoms with van der Waals surface area (Å²) in [6, 6.07) is 5.93. The standard InChI is InChI=1S/C14H17FN2O/c15-12-1-3-13(4-2-12)17-14(18)9-5-10-7-16-8-11(10)6-9/h1-4,9-11,16H,5-8H2,(H,17,18). The van der Waals surface area contributed by atoms with Crippen LogP contribution < -0.4 is 10.6 Å². The third-order valence-corrected chi connectivity index (χ3v) is 4.14. The van der Waals surface area contributed by atoms with Gasteiger partial charge in [0.25, 0.3) is 0 Å². The van der Waals surface area contributed by atoms with Gasteiger partial charge in [-0.1, -0.05) is 0 Å². The molecule has 2 fully saturated rings. The molecule has 2 unspecified atom stereocenters. The first-order valence-electron chi connectivity index (χ1n) is 6.49. The smallest absolute Gasteiger partial charge is 0.227 e. The largest absolute Gasteiger partial charge is 0.326 e. The van der Waals surface area contributed by atoms with Gasteiger partial charge in [-0.15, -0.1) is 0 Å². The second-order valence-corrected chi connectivity index (χ2v) is 5.34. The van der Waals surface area contributed by atoms with Crippen molar-refractivity contribution >= 4 is 11.6 Å². The van der Waals surface area contributed by atoms with E-state index in [0.717, 1.165) is 25.9 Å². The Kier molecular flexibility index (Phi) is 3.04. The van der Waals surface area contributed by atoms with Gasteiger partial charge in [0.15, 0.2) is 0 Å². The van der Waals surface area contributed by atoms with Crippen LogP contribution in [0, 0.1) is 23.6 Å². The van der Waals surface area contributed by atoms with Crippen LogP contribution in [0.2, 0.25) is 0 Å². The molecule has 0 aromatic heterocycles. The molecule has 4 heteroatoms. The molecule has 1 aliphatic carbocycles. The summed E-state index contributed by atoms with van der Waals surface area (Å²) in [5, 5.41) is 6.24. The van der Waals surface area contributed by atoms with Crippen LogP contribution in [0.5, 0.6) is 0 Å². The zero-order valence-corrected chi connectivity index (χ0v) is 10.2. The van der Waals surface area contributed by atoms with E-state index in [1.807, 2.05) is 0 Å². The minimum Gasteiger partial charge on any atom is -0.326 e. The van der Waals surface area contributed by atoms with E-state index in [0.29, 0.717) is 17.5 Å². The van der Waals surface area contributed by atoms with Crippen molar-refractivity contribution in [2.24, 2.45) is 17.8 Å². The monoisotopic (exact) mass is 248 g/mol. The number of benzene rings is 1. The highest BCUT2D eigenvalue weighted by molar-refractivity contribution is 5.92. The average Bonchev–Trinajstić information content (AvgIpc) is 2.92. The molecule has 2 aliphatic rings. The van der Waals surface area contributed by atoms with E-state index < -0.39 is 0 Å². The molecule has 0 radical (unpaired) electrons. The molecule has 0 spiro atoms. The number of fused-ring (bicyclic) bond motifs is 1. The lowest BCUT2D eigenvalue weighted by Crippen LogP contribution is -2.23. The van der Waals surface area contributed by atoms with E-state index in [-0.39, 0.29) is 17.6 Å². The SMILES string of the molecule is O=C(Nc1ccc(F)cc1)C1CC2CNCC2C1. The van der Waals surface area contributed by atoms with Crippen LogP contribution in [0.15, 0.2) is 24.3 Å². The van der Waals surface area contributed by atoms with Crippen LogP contribution in [0.3, 0.4) is 0 Å². The van der Waals surface area contributed by atoms with Gasteiger partial charge in [-0.2, -0.15) is 0 Å². The number of halogens is 1. The molecule has 1 saturated carbocycles. The van der Waals surface area contributed by atoms with Crippen molar-refractivity contribution in [1.29, 1.82) is 0 Å². The van der Waals surface area contributed by atoms with Gasteiger partial charge >= 0.3 is 0 Å². The molecular formula is C14H17FN2O. The first-order valence-corrected chi connectivity index (χ1v) is 6.49. The Labute approximate surface area is 106 Å². The number of carbonyl (C=O) groups excluding carboxylic acids is 1. The number of hydrogen-bond donors (Lipinski definition) is 2. The van der Waals surface area contributed by atoms with Gasteiger partial charge in [0.05, 0.1) is 0 Å². The summed E-state index contributed by atoms with van der Waals surface area (Å²) < 4.78 is 12.8. The van der Waals surface area contributed by atoms with Crippen molar-refractivity contribution in [3.05, 3.63) is 30.1 Å². The van der Waals surface area contributed by atoms with E-state index >= 15 is 0 Å². The molecule has 1 saturated heterocycles. The molecule has 1 aromatic rings. The lowest BCUT2D eigenvalue weighted by molar-refractivity contribution is -0.119. The quantitative estimate of drug-likeness (QED) is 0.840. The molecule has 2 atom stereocenters. The molecule has 1 amide bonds. The van der Waals surface area contributed by atoms with Crippen molar-refractivity contribution in [3.63, 3.8) is 0 Å². The van der Waals surface area contributed by atoms with Gasteiger partial charge in [0.1, 0.15) is 5.82 Å². The van der Waals surface area contributed by atoms with Gasteiger partial charge in [-0.3, -0.25) is 4.79 Å². The number of carbonyl (C=O) groups is 1. The molecule has 18 heavy (non-hydrogen) atoms. The highest BCUT2D eigenvalue weighted by atomic mass is 19.1. The van der Waals surface area contributed by atoms with Gasteiger partial charge in [0, 0.05) is 11.6 Å². The van der Waals surface area contributed by atoms with E-state index in [4.69, 9.17) is 0 Å². The topological polar surface area (TPSA) is 41.1 Å². The Morgan fingerprint density at radius 3 is 2.39 bits per heavy atom. The van der Waals surface area contributed by atoms with Crippen molar-refractivity contribution in [2.75, 3.05) is 18.4 Å². The summed E-state index contributed by atoms with van der Waals surface area (Å²) in [4.78, 5) is 12.1. The number of amides is 1. The van der Waals surface area contributed by atoms with Crippen molar-refractivity contribution in [3.8, 4) is 0 Å². The maximum atomic E-state index is 12.8. The van der Waals surface area contributed by atoms with Gasteiger partial charge in [-0.25, -0.2) is 4.39 Å². The number of hydrogen-bond acceptors (Lipinski definition) is 2. The fourth-order valence-corrected chi connectivity index (χ4v) is 3.16. The summed E-state index contributed by atoms with van der Waals surface area (Å²) >= 11 is 0. The van der Waals surface area contributed by atoms with E-state index in [1.165, 1.54) is 12.1 Å². The predicted molar refractivity (Wildman–Crippen MR) is 67.6 cm³/mol. The molecule has 2 N–H and O–H groups in total. The second kappa shape index (κ2) is 4.69. The van der Waals surface area contributed by atoms with Crippen LogP contribution in [-0.4, -0.2) is 19.0 Å². The third kappa shape index (κ3) is 2.25. The van der Waals surface area contributed by atoms with E-state index in [2.05, 4.69) is 10.6 Å². The van der Waals surface area contributed by atoms with Gasteiger partial charge < -0.3 is 10.6 Å². The van der Waals surface area contributed by atoms with E-state index in [9.17, 15) is 9.18 Å². The fraction of sp³-hybridized carbons (Fsp3) is 0.500. The maximum absolute atomic E-state index is 12.8. The number of nitrogens with one attached hydrogen (secondary N) is 2. The predicted octanol–water partition coefficient (Wildman–Crippen LogP) is 2.01. The highest BCUT2D eigenvalue weighted by Gasteiger charge is 2.40. The molecule has 1 aromatic carbocycles. The minimum absolute atomic E-state index is 0.0796. The molecule has 3 nitrogen and oxygen atoms in total. The Morgan fingerprint density at radius 2 is 1.78 bits per heavy atom. The highest BCUT2D eigenvalue weighted by Crippen LogP contribution is 2.38. The zero-order chi connectivity index (χ0) is 12.5. The molecule has 96 valence electrons. The summed E-state index contributed by atoms with van der Waals surface area (Å²) in [7, 11) is 0. The Morgan fingerprint density at radius 1 is 1.17 bits per heavy atom. The normalized spacial score (nSPS) is 30.2. The Balaban J connectivity index is 1.60. The molecule has 0 bridgehead atoms. The van der Waals surface area contributed by atoms with Gasteiger partial charge in [0.2, 0.25) is 5.91 Å². The van der Waals surface area contributed by atoms with Crippen LogP contribution in [0.4, 0.5) is 10.1 Å². The summed E-state index contributed by atoms with van der Waals surface area (Å²) in [5.74, 6) is 1.24. The molecule has 1 aliphatic heterocycles. The maximum Gasteiger partial charge on any atom is 0.227 e. The number of rotatable bonds is 2. The van der Waals surface area contributed by atoms with Crippen LogP contribution >= 0.6 is 0 Å². The summed E-state index contributed by atoms with van der Waals surface area (Å²) in [5.41, 5.74) is 0.677. The van der Waals surface area contributed by atoms with Crippen molar-refractivity contribution in [2.45, 2.75) is 12.8 Å².